The molecule has 1 nitrogen and oxygen atoms in total. The largest absolute Gasteiger partial charge is 0.383 e. The molecule has 0 radical (unpaired) electrons. The first-order chi connectivity index (χ1) is 4.52. The zero-order chi connectivity index (χ0) is 8.15. The molecule has 0 bridgehead atoms. The van der Waals surface area contributed by atoms with Crippen molar-refractivity contribution in [3.8, 4) is 0 Å². The molecule has 2 unspecified atom stereocenters. The van der Waals surface area contributed by atoms with Crippen molar-refractivity contribution in [2.24, 2.45) is 5.92 Å². The van der Waals surface area contributed by atoms with Crippen molar-refractivity contribution in [1.82, 2.24) is 0 Å². The van der Waals surface area contributed by atoms with Crippen LogP contribution in [0.4, 0.5) is 0 Å². The van der Waals surface area contributed by atoms with Crippen LogP contribution in [0.2, 0.25) is 0 Å². The lowest BCUT2D eigenvalue weighted by Crippen LogP contribution is -2.06. The van der Waals surface area contributed by atoms with Gasteiger partial charge in [0.2, 0.25) is 0 Å². The van der Waals surface area contributed by atoms with Crippen molar-refractivity contribution in [2.75, 3.05) is 0 Å². The predicted octanol–water partition coefficient (Wildman–Crippen LogP) is 2.49. The summed E-state index contributed by atoms with van der Waals surface area (Å²) in [6.07, 6.45) is 1.19. The van der Waals surface area contributed by atoms with Gasteiger partial charge in [-0.1, -0.05) is 20.8 Å². The van der Waals surface area contributed by atoms with Crippen molar-refractivity contribution >= 4 is 11.8 Å². The van der Waals surface area contributed by atoms with E-state index in [9.17, 15) is 0 Å². The van der Waals surface area contributed by atoms with E-state index in [4.69, 9.17) is 5.11 Å². The van der Waals surface area contributed by atoms with E-state index < -0.39 is 0 Å². The highest BCUT2D eigenvalue weighted by molar-refractivity contribution is 8.00. The molecule has 10 heavy (non-hydrogen) atoms. The summed E-state index contributed by atoms with van der Waals surface area (Å²) in [7, 11) is 0. The van der Waals surface area contributed by atoms with Gasteiger partial charge in [0, 0.05) is 5.25 Å². The second-order valence-corrected chi connectivity index (χ2v) is 4.93. The molecule has 0 spiro atoms. The van der Waals surface area contributed by atoms with E-state index in [0.29, 0.717) is 5.25 Å². The maximum atomic E-state index is 9.00. The Labute approximate surface area is 68.2 Å². The first kappa shape index (κ1) is 10.3. The molecule has 0 aliphatic rings. The van der Waals surface area contributed by atoms with Gasteiger partial charge in [-0.25, -0.2) is 0 Å². The normalized spacial score (nSPS) is 17.4. The van der Waals surface area contributed by atoms with Gasteiger partial charge in [0.05, 0.1) is 5.44 Å². The fraction of sp³-hybridized carbons (Fsp3) is 1.00. The molecule has 0 aromatic heterocycles. The Balaban J connectivity index is 3.34. The molecule has 0 heterocycles. The van der Waals surface area contributed by atoms with Crippen molar-refractivity contribution < 1.29 is 5.11 Å². The summed E-state index contributed by atoms with van der Waals surface area (Å²) in [5.41, 5.74) is -0.214. The second kappa shape index (κ2) is 5.03. The number of aliphatic hydroxyl groups is 1. The number of aliphatic hydroxyl groups excluding tert-OH is 1. The van der Waals surface area contributed by atoms with Crippen molar-refractivity contribution in [3.63, 3.8) is 0 Å². The smallest absolute Gasteiger partial charge is 0.0967 e. The lowest BCUT2D eigenvalue weighted by atomic mass is 10.1. The summed E-state index contributed by atoms with van der Waals surface area (Å²) in [4.78, 5) is 0. The average molecular weight is 162 g/mol. The quantitative estimate of drug-likeness (QED) is 0.641. The summed E-state index contributed by atoms with van der Waals surface area (Å²) in [6.45, 7) is 8.40. The van der Waals surface area contributed by atoms with Gasteiger partial charge < -0.3 is 5.11 Å². The molecule has 0 fully saturated rings. The van der Waals surface area contributed by atoms with E-state index in [-0.39, 0.29) is 5.44 Å². The summed E-state index contributed by atoms with van der Waals surface area (Å²) in [5, 5.41) is 9.58. The minimum Gasteiger partial charge on any atom is -0.383 e. The summed E-state index contributed by atoms with van der Waals surface area (Å²) < 4.78 is 0. The Kier molecular flexibility index (Phi) is 5.18. The number of thioether (sulfide) groups is 1. The summed E-state index contributed by atoms with van der Waals surface area (Å²) in [6, 6.07) is 0. The second-order valence-electron chi connectivity index (χ2n) is 3.18. The molecule has 2 heteroatoms. The Morgan fingerprint density at radius 2 is 1.70 bits per heavy atom. The Morgan fingerprint density at radius 3 is 2.00 bits per heavy atom. The predicted molar refractivity (Wildman–Crippen MR) is 48.2 cm³/mol. The maximum Gasteiger partial charge on any atom is 0.0967 e. The van der Waals surface area contributed by atoms with Crippen LogP contribution in [0.25, 0.3) is 0 Å². The molecule has 0 aromatic rings. The average Bonchev–Trinajstić information content (AvgIpc) is 1.58. The topological polar surface area (TPSA) is 20.2 Å². The van der Waals surface area contributed by atoms with Crippen molar-refractivity contribution in [2.45, 2.75) is 44.8 Å². The number of hydrogen-bond acceptors (Lipinski definition) is 2. The molecule has 0 rings (SSSR count). The Bertz CT molecular complexity index is 71.3. The van der Waals surface area contributed by atoms with E-state index in [1.165, 1.54) is 6.42 Å². The zero-order valence-corrected chi connectivity index (χ0v) is 8.11. The molecule has 0 aliphatic carbocycles. The van der Waals surface area contributed by atoms with Gasteiger partial charge in [0.25, 0.3) is 0 Å². The minimum atomic E-state index is -0.214. The third-order valence-corrected chi connectivity index (χ3v) is 2.28. The minimum absolute atomic E-state index is 0.214. The molecule has 0 aliphatic heterocycles. The highest BCUT2D eigenvalue weighted by Gasteiger charge is 2.07. The van der Waals surface area contributed by atoms with E-state index in [1.807, 2.05) is 6.92 Å². The maximum absolute atomic E-state index is 9.00. The van der Waals surface area contributed by atoms with Gasteiger partial charge in [-0.2, -0.15) is 0 Å². The fourth-order valence-corrected chi connectivity index (χ4v) is 2.22. The van der Waals surface area contributed by atoms with Crippen LogP contribution in [-0.4, -0.2) is 15.8 Å². The highest BCUT2D eigenvalue weighted by atomic mass is 32.2. The van der Waals surface area contributed by atoms with Crippen LogP contribution in [0, 0.1) is 5.92 Å². The molecule has 1 N–H and O–H groups in total. The molecular formula is C8H18OS. The van der Waals surface area contributed by atoms with Gasteiger partial charge in [-0.05, 0) is 19.3 Å². The van der Waals surface area contributed by atoms with E-state index in [1.54, 1.807) is 11.8 Å². The number of rotatable bonds is 4. The van der Waals surface area contributed by atoms with Gasteiger partial charge >= 0.3 is 0 Å². The van der Waals surface area contributed by atoms with Gasteiger partial charge in [0.15, 0.2) is 0 Å². The molecule has 0 aromatic carbocycles. The van der Waals surface area contributed by atoms with Crippen molar-refractivity contribution in [1.29, 1.82) is 0 Å². The lowest BCUT2D eigenvalue weighted by molar-refractivity contribution is 0.283. The van der Waals surface area contributed by atoms with Gasteiger partial charge in [-0.3, -0.25) is 0 Å². The molecule has 0 saturated carbocycles. The van der Waals surface area contributed by atoms with Crippen LogP contribution < -0.4 is 0 Å². The van der Waals surface area contributed by atoms with Crippen LogP contribution in [0.3, 0.4) is 0 Å². The highest BCUT2D eigenvalue weighted by Crippen LogP contribution is 2.21. The molecule has 0 amide bonds. The van der Waals surface area contributed by atoms with E-state index >= 15 is 0 Å². The number of hydrogen-bond donors (Lipinski definition) is 1. The fourth-order valence-electron chi connectivity index (χ4n) is 1.06. The Morgan fingerprint density at radius 1 is 1.20 bits per heavy atom. The molecule has 2 atom stereocenters. The van der Waals surface area contributed by atoms with Crippen molar-refractivity contribution in [3.05, 3.63) is 0 Å². The third-order valence-electron chi connectivity index (χ3n) is 1.23. The van der Waals surface area contributed by atoms with E-state index in [2.05, 4.69) is 20.8 Å². The molecular weight excluding hydrogens is 144 g/mol. The standard InChI is InChI=1S/C8H18OS/c1-6(2)5-7(3)10-8(4)9/h6-9H,5H2,1-4H3. The van der Waals surface area contributed by atoms with E-state index in [0.717, 1.165) is 5.92 Å². The first-order valence-corrected chi connectivity index (χ1v) is 4.80. The lowest BCUT2D eigenvalue weighted by Gasteiger charge is -2.14. The Hall–Kier alpha value is 0.310. The van der Waals surface area contributed by atoms with Gasteiger partial charge in [-0.15, -0.1) is 11.8 Å². The van der Waals surface area contributed by atoms with Gasteiger partial charge in [0.1, 0.15) is 0 Å². The summed E-state index contributed by atoms with van der Waals surface area (Å²) in [5.74, 6) is 0.737. The molecule has 62 valence electrons. The van der Waals surface area contributed by atoms with Crippen LogP contribution in [0.5, 0.6) is 0 Å². The van der Waals surface area contributed by atoms with Crippen LogP contribution in [0.15, 0.2) is 0 Å². The van der Waals surface area contributed by atoms with Crippen LogP contribution in [0.1, 0.15) is 34.1 Å². The monoisotopic (exact) mass is 162 g/mol. The molecule has 0 saturated heterocycles. The zero-order valence-electron chi connectivity index (χ0n) is 7.29. The SMILES string of the molecule is CC(C)CC(C)SC(C)O. The van der Waals surface area contributed by atoms with Crippen LogP contribution >= 0.6 is 11.8 Å². The summed E-state index contributed by atoms with van der Waals surface area (Å²) >= 11 is 1.64. The first-order valence-electron chi connectivity index (χ1n) is 3.86. The third kappa shape index (κ3) is 6.43. The van der Waals surface area contributed by atoms with Crippen LogP contribution in [-0.2, 0) is 0 Å².